The van der Waals surface area contributed by atoms with Crippen LogP contribution in [0.25, 0.3) is 10.2 Å². The van der Waals surface area contributed by atoms with Gasteiger partial charge in [0, 0.05) is 17.0 Å². The van der Waals surface area contributed by atoms with Crippen molar-refractivity contribution in [1.82, 2.24) is 9.97 Å². The molecule has 0 aliphatic carbocycles. The van der Waals surface area contributed by atoms with Crippen molar-refractivity contribution in [3.05, 3.63) is 41.2 Å². The number of amides is 2. The highest BCUT2D eigenvalue weighted by atomic mass is 32.1. The molecule has 0 saturated carbocycles. The lowest BCUT2D eigenvalue weighted by molar-refractivity contribution is -0.118. The average Bonchev–Trinajstić information content (AvgIpc) is 3.04. The van der Waals surface area contributed by atoms with Crippen LogP contribution >= 0.6 is 11.3 Å². The van der Waals surface area contributed by atoms with Crippen LogP contribution in [-0.4, -0.2) is 27.8 Å². The van der Waals surface area contributed by atoms with Crippen molar-refractivity contribution in [1.29, 1.82) is 0 Å². The van der Waals surface area contributed by atoms with Gasteiger partial charge in [-0.15, -0.1) is 11.3 Å². The minimum atomic E-state index is -0.838. The van der Waals surface area contributed by atoms with E-state index in [2.05, 4.69) is 20.6 Å². The number of hydrogen-bond acceptors (Lipinski definition) is 7. The number of aromatic nitrogens is 2. The highest BCUT2D eigenvalue weighted by Gasteiger charge is 2.20. The summed E-state index contributed by atoms with van der Waals surface area (Å²) < 4.78 is 14.4. The molecule has 2 amide bonds. The number of fused-ring (bicyclic) bond motifs is 1. The number of nitrogens with zero attached hydrogens (tertiary/aromatic N) is 2. The monoisotopic (exact) mass is 388 g/mol. The fraction of sp³-hybridized carbons (Fsp3) is 0.176. The Hall–Kier alpha value is -3.27. The molecule has 140 valence electrons. The van der Waals surface area contributed by atoms with Crippen LogP contribution in [0.15, 0.2) is 29.8 Å². The van der Waals surface area contributed by atoms with Crippen molar-refractivity contribution in [2.24, 2.45) is 11.5 Å². The van der Waals surface area contributed by atoms with Gasteiger partial charge in [0.25, 0.3) is 5.91 Å². The normalized spacial score (nSPS) is 11.9. The Bertz CT molecular complexity index is 1020. The predicted molar refractivity (Wildman–Crippen MR) is 103 cm³/mol. The van der Waals surface area contributed by atoms with Crippen LogP contribution in [-0.2, 0) is 4.79 Å². The zero-order valence-corrected chi connectivity index (χ0v) is 15.1. The molecular formula is C17H17FN6O2S. The molecule has 8 nitrogen and oxygen atoms in total. The minimum absolute atomic E-state index is 0.0641. The molecule has 0 spiro atoms. The summed E-state index contributed by atoms with van der Waals surface area (Å²) in [4.78, 5) is 32.3. The van der Waals surface area contributed by atoms with E-state index in [0.29, 0.717) is 12.1 Å². The number of nitrogens with one attached hydrogen (secondary N) is 2. The highest BCUT2D eigenvalue weighted by molar-refractivity contribution is 7.17. The maximum Gasteiger partial charge on any atom is 0.252 e. The third kappa shape index (κ3) is 3.80. The first kappa shape index (κ1) is 18.5. The molecule has 0 unspecified atom stereocenters. The Morgan fingerprint density at radius 1 is 1.33 bits per heavy atom. The topological polar surface area (TPSA) is 136 Å². The lowest BCUT2D eigenvalue weighted by Gasteiger charge is -2.17. The molecule has 0 radical (unpaired) electrons. The number of rotatable bonds is 7. The van der Waals surface area contributed by atoms with Crippen molar-refractivity contribution < 1.29 is 14.0 Å². The summed E-state index contributed by atoms with van der Waals surface area (Å²) in [7, 11) is 0. The number of thiophene rings is 1. The Morgan fingerprint density at radius 2 is 2.11 bits per heavy atom. The largest absolute Gasteiger partial charge is 0.368 e. The fourth-order valence-corrected chi connectivity index (χ4v) is 3.35. The molecule has 0 fully saturated rings. The molecule has 3 rings (SSSR count). The van der Waals surface area contributed by atoms with Gasteiger partial charge in [-0.25, -0.2) is 14.4 Å². The Morgan fingerprint density at radius 3 is 2.78 bits per heavy atom. The van der Waals surface area contributed by atoms with Crippen molar-refractivity contribution in [3.8, 4) is 0 Å². The zero-order valence-electron chi connectivity index (χ0n) is 14.3. The van der Waals surface area contributed by atoms with Gasteiger partial charge in [0.05, 0.1) is 11.3 Å². The number of anilines is 3. The predicted octanol–water partition coefficient (Wildman–Crippen LogP) is 2.35. The van der Waals surface area contributed by atoms with E-state index in [1.54, 1.807) is 24.6 Å². The number of carbonyl (C=O) groups is 2. The molecular weight excluding hydrogens is 371 g/mol. The number of carbonyl (C=O) groups excluding carboxylic acids is 2. The van der Waals surface area contributed by atoms with Gasteiger partial charge in [-0.3, -0.25) is 9.59 Å². The van der Waals surface area contributed by atoms with Gasteiger partial charge < -0.3 is 22.1 Å². The van der Waals surface area contributed by atoms with Crippen LogP contribution in [0.1, 0.15) is 23.7 Å². The third-order valence-electron chi connectivity index (χ3n) is 3.91. The first-order valence-corrected chi connectivity index (χ1v) is 8.94. The Labute approximate surface area is 157 Å². The second-order valence-electron chi connectivity index (χ2n) is 5.72. The number of primary amides is 2. The van der Waals surface area contributed by atoms with E-state index in [-0.39, 0.29) is 17.2 Å². The lowest BCUT2D eigenvalue weighted by Crippen LogP contribution is -2.35. The zero-order chi connectivity index (χ0) is 19.6. The van der Waals surface area contributed by atoms with Crippen LogP contribution in [0.5, 0.6) is 0 Å². The van der Waals surface area contributed by atoms with Gasteiger partial charge in [-0.1, -0.05) is 6.92 Å². The SMILES string of the molecule is CC[C@@H](Nc1nc(Nc2csc3ncccc23)c(C(N)=O)cc1F)C(N)=O. The Kier molecular flexibility index (Phi) is 5.17. The fourth-order valence-electron chi connectivity index (χ4n) is 2.50. The quantitative estimate of drug-likeness (QED) is 0.490. The molecule has 10 heteroatoms. The average molecular weight is 388 g/mol. The van der Waals surface area contributed by atoms with Gasteiger partial charge in [0.2, 0.25) is 5.91 Å². The van der Waals surface area contributed by atoms with E-state index in [4.69, 9.17) is 11.5 Å². The maximum atomic E-state index is 14.4. The molecule has 0 bridgehead atoms. The third-order valence-corrected chi connectivity index (χ3v) is 4.81. The van der Waals surface area contributed by atoms with Crippen molar-refractivity contribution in [2.75, 3.05) is 10.6 Å². The van der Waals surface area contributed by atoms with Gasteiger partial charge in [0.15, 0.2) is 11.6 Å². The van der Waals surface area contributed by atoms with E-state index in [9.17, 15) is 14.0 Å². The summed E-state index contributed by atoms with van der Waals surface area (Å²) in [5.41, 5.74) is 11.2. The van der Waals surface area contributed by atoms with Gasteiger partial charge in [-0.05, 0) is 24.6 Å². The summed E-state index contributed by atoms with van der Waals surface area (Å²) in [6.45, 7) is 1.72. The summed E-state index contributed by atoms with van der Waals surface area (Å²) in [6, 6.07) is 3.80. The standard InChI is InChI=1S/C17H17FN6O2S/c1-2-11(14(20)26)22-16-10(18)6-9(13(19)25)15(24-16)23-12-7-27-17-8(12)4-3-5-21-17/h3-7,11H,2H2,1H3,(H2,19,25)(H2,20,26)(H2,22,23,24)/t11-/m1/s1. The van der Waals surface area contributed by atoms with Crippen LogP contribution < -0.4 is 22.1 Å². The first-order valence-electron chi connectivity index (χ1n) is 8.06. The molecule has 27 heavy (non-hydrogen) atoms. The van der Waals surface area contributed by atoms with Crippen LogP contribution in [0, 0.1) is 5.82 Å². The van der Waals surface area contributed by atoms with E-state index >= 15 is 0 Å². The van der Waals surface area contributed by atoms with E-state index < -0.39 is 23.7 Å². The van der Waals surface area contributed by atoms with Crippen molar-refractivity contribution in [3.63, 3.8) is 0 Å². The summed E-state index contributed by atoms with van der Waals surface area (Å²) in [5, 5.41) is 8.28. The molecule has 3 aromatic heterocycles. The summed E-state index contributed by atoms with van der Waals surface area (Å²) in [5.74, 6) is -2.43. The van der Waals surface area contributed by atoms with Gasteiger partial charge in [-0.2, -0.15) is 0 Å². The number of hydrogen-bond donors (Lipinski definition) is 4. The van der Waals surface area contributed by atoms with Gasteiger partial charge in [0.1, 0.15) is 16.7 Å². The number of pyridine rings is 2. The molecule has 0 aromatic carbocycles. The molecule has 6 N–H and O–H groups in total. The number of nitrogens with two attached hydrogens (primary N) is 2. The molecule has 0 saturated heterocycles. The van der Waals surface area contributed by atoms with Gasteiger partial charge >= 0.3 is 0 Å². The maximum absolute atomic E-state index is 14.4. The molecule has 0 aliphatic rings. The summed E-state index contributed by atoms with van der Waals surface area (Å²) >= 11 is 1.40. The second-order valence-corrected chi connectivity index (χ2v) is 6.58. The molecule has 3 heterocycles. The van der Waals surface area contributed by atoms with Crippen LogP contribution in [0.3, 0.4) is 0 Å². The van der Waals surface area contributed by atoms with Crippen LogP contribution in [0.4, 0.5) is 21.7 Å². The molecule has 3 aromatic rings. The van der Waals surface area contributed by atoms with Crippen molar-refractivity contribution in [2.45, 2.75) is 19.4 Å². The van der Waals surface area contributed by atoms with E-state index in [0.717, 1.165) is 16.3 Å². The van der Waals surface area contributed by atoms with E-state index in [1.807, 2.05) is 6.07 Å². The smallest absolute Gasteiger partial charge is 0.252 e. The number of halogens is 1. The molecule has 1 atom stereocenters. The highest BCUT2D eigenvalue weighted by Crippen LogP contribution is 2.32. The van der Waals surface area contributed by atoms with Crippen molar-refractivity contribution >= 4 is 50.7 Å². The molecule has 0 aliphatic heterocycles. The lowest BCUT2D eigenvalue weighted by atomic mass is 10.2. The second kappa shape index (κ2) is 7.54. The van der Waals surface area contributed by atoms with E-state index in [1.165, 1.54) is 11.3 Å². The summed E-state index contributed by atoms with van der Waals surface area (Å²) in [6.07, 6.45) is 2.02. The first-order chi connectivity index (χ1) is 12.9. The minimum Gasteiger partial charge on any atom is -0.368 e. The Balaban J connectivity index is 2.03. The van der Waals surface area contributed by atoms with Crippen LogP contribution in [0.2, 0.25) is 0 Å².